The van der Waals surface area contributed by atoms with Crippen molar-refractivity contribution in [1.82, 2.24) is 15.2 Å². The second-order valence-corrected chi connectivity index (χ2v) is 8.20. The first kappa shape index (κ1) is 19.8. The molecule has 0 spiro atoms. The van der Waals surface area contributed by atoms with Gasteiger partial charge >= 0.3 is 0 Å². The van der Waals surface area contributed by atoms with Gasteiger partial charge in [-0.05, 0) is 23.8 Å². The number of benzene rings is 3. The Kier molecular flexibility index (Phi) is 5.44. The van der Waals surface area contributed by atoms with Crippen LogP contribution in [-0.4, -0.2) is 15.2 Å². The second-order valence-electron chi connectivity index (χ2n) is 6.85. The number of halogens is 2. The van der Waals surface area contributed by atoms with Gasteiger partial charge in [0, 0.05) is 17.0 Å². The summed E-state index contributed by atoms with van der Waals surface area (Å²) in [6.45, 7) is 0. The highest BCUT2D eigenvalue weighted by Gasteiger charge is 2.29. The maximum atomic E-state index is 14.7. The average Bonchev–Trinajstić information content (AvgIpc) is 2.94. The van der Waals surface area contributed by atoms with E-state index in [1.807, 2.05) is 54.6 Å². The Morgan fingerprint density at radius 1 is 0.968 bits per heavy atom. The van der Waals surface area contributed by atoms with Crippen LogP contribution in [0.5, 0.6) is 5.88 Å². The van der Waals surface area contributed by atoms with Crippen LogP contribution in [0.1, 0.15) is 17.4 Å². The summed E-state index contributed by atoms with van der Waals surface area (Å²) in [6.07, 6.45) is -0.875. The molecule has 0 radical (unpaired) electrons. The number of anilines is 1. The number of hydrogen-bond acceptors (Lipinski definition) is 6. The third-order valence-electron chi connectivity index (χ3n) is 4.81. The first-order valence-corrected chi connectivity index (χ1v) is 10.9. The average molecular weight is 451 g/mol. The van der Waals surface area contributed by atoms with E-state index in [-0.39, 0.29) is 16.5 Å². The second kappa shape index (κ2) is 8.53. The van der Waals surface area contributed by atoms with Crippen LogP contribution in [0, 0.1) is 5.82 Å². The monoisotopic (exact) mass is 450 g/mol. The molecule has 5 nitrogen and oxygen atoms in total. The molecule has 0 aliphatic carbocycles. The first-order chi connectivity index (χ1) is 15.2. The van der Waals surface area contributed by atoms with Crippen molar-refractivity contribution in [3.63, 3.8) is 0 Å². The van der Waals surface area contributed by atoms with E-state index in [0.29, 0.717) is 16.6 Å². The molecule has 0 bridgehead atoms. The summed E-state index contributed by atoms with van der Waals surface area (Å²) in [5.41, 5.74) is 3.35. The highest BCUT2D eigenvalue weighted by atomic mass is 35.5. The lowest BCUT2D eigenvalue weighted by atomic mass is 10.1. The number of nitrogens with one attached hydrogen (secondary N) is 1. The molecule has 1 aliphatic heterocycles. The van der Waals surface area contributed by atoms with Crippen molar-refractivity contribution in [3.05, 3.63) is 94.8 Å². The number of para-hydroxylation sites is 1. The Balaban J connectivity index is 1.54. The molecule has 5 rings (SSSR count). The summed E-state index contributed by atoms with van der Waals surface area (Å²) in [4.78, 5) is 4.58. The minimum absolute atomic E-state index is 0.212. The summed E-state index contributed by atoms with van der Waals surface area (Å²) in [5.74, 6) is 0.498. The van der Waals surface area contributed by atoms with E-state index in [4.69, 9.17) is 16.3 Å². The standard InChI is InChI=1S/C23H16ClFN4OS/c24-16-10-6-11-17(25)19(16)21-26-18-12-5-4-9-15(18)20-22(30-21)27-23(29-28-20)31-13-14-7-2-1-3-8-14/h1-12,21,26H,13H2. The lowest BCUT2D eigenvalue weighted by Gasteiger charge is -2.20. The van der Waals surface area contributed by atoms with Gasteiger partial charge < -0.3 is 10.1 Å². The minimum atomic E-state index is -0.875. The predicted molar refractivity (Wildman–Crippen MR) is 120 cm³/mol. The predicted octanol–water partition coefficient (Wildman–Crippen LogP) is 6.13. The first-order valence-electron chi connectivity index (χ1n) is 9.57. The van der Waals surface area contributed by atoms with E-state index >= 15 is 0 Å². The molecule has 2 heterocycles. The Morgan fingerprint density at radius 2 is 1.77 bits per heavy atom. The van der Waals surface area contributed by atoms with Gasteiger partial charge in [-0.2, -0.15) is 4.98 Å². The Labute approximate surface area is 187 Å². The van der Waals surface area contributed by atoms with Crippen LogP contribution in [-0.2, 0) is 5.75 Å². The summed E-state index contributed by atoms with van der Waals surface area (Å²) < 4.78 is 20.8. The number of hydrogen-bond donors (Lipinski definition) is 1. The molecule has 0 saturated heterocycles. The fraction of sp³-hybridized carbons (Fsp3) is 0.0870. The zero-order chi connectivity index (χ0) is 21.2. The molecule has 3 aromatic carbocycles. The van der Waals surface area contributed by atoms with Gasteiger partial charge in [0.1, 0.15) is 5.82 Å². The van der Waals surface area contributed by atoms with Crippen LogP contribution in [0.4, 0.5) is 10.1 Å². The van der Waals surface area contributed by atoms with Crippen molar-refractivity contribution in [2.75, 3.05) is 5.32 Å². The van der Waals surface area contributed by atoms with Crippen LogP contribution in [0.2, 0.25) is 5.02 Å². The van der Waals surface area contributed by atoms with Crippen LogP contribution in [0.15, 0.2) is 78.0 Å². The van der Waals surface area contributed by atoms with E-state index in [2.05, 4.69) is 20.5 Å². The van der Waals surface area contributed by atoms with Gasteiger partial charge in [0.15, 0.2) is 5.69 Å². The molecule has 8 heteroatoms. The molecule has 1 N–H and O–H groups in total. The fourth-order valence-corrected chi connectivity index (χ4v) is 4.32. The van der Waals surface area contributed by atoms with Crippen molar-refractivity contribution in [2.45, 2.75) is 17.1 Å². The van der Waals surface area contributed by atoms with E-state index < -0.39 is 12.0 Å². The SMILES string of the molecule is Fc1cccc(Cl)c1C1Nc2ccccc2-c2nnc(SCc3ccccc3)nc2O1. The lowest BCUT2D eigenvalue weighted by molar-refractivity contribution is 0.220. The highest BCUT2D eigenvalue weighted by molar-refractivity contribution is 7.98. The summed E-state index contributed by atoms with van der Waals surface area (Å²) in [5, 5.41) is 12.6. The Bertz CT molecular complexity index is 1220. The van der Waals surface area contributed by atoms with Gasteiger partial charge in [-0.25, -0.2) is 4.39 Å². The highest BCUT2D eigenvalue weighted by Crippen LogP contribution is 2.41. The number of aromatic nitrogens is 3. The largest absolute Gasteiger partial charge is 0.448 e. The number of fused-ring (bicyclic) bond motifs is 3. The van der Waals surface area contributed by atoms with Gasteiger partial charge in [-0.15, -0.1) is 10.2 Å². The fourth-order valence-electron chi connectivity index (χ4n) is 3.32. The topological polar surface area (TPSA) is 59.9 Å². The van der Waals surface area contributed by atoms with E-state index in [1.54, 1.807) is 12.1 Å². The number of thioether (sulfide) groups is 1. The number of rotatable bonds is 4. The molecule has 31 heavy (non-hydrogen) atoms. The van der Waals surface area contributed by atoms with Crippen molar-refractivity contribution in [3.8, 4) is 17.1 Å². The molecular formula is C23H16ClFN4OS. The van der Waals surface area contributed by atoms with Crippen molar-refractivity contribution in [1.29, 1.82) is 0 Å². The van der Waals surface area contributed by atoms with Crippen molar-refractivity contribution in [2.24, 2.45) is 0 Å². The summed E-state index contributed by atoms with van der Waals surface area (Å²) in [7, 11) is 0. The zero-order valence-corrected chi connectivity index (χ0v) is 17.7. The number of ether oxygens (including phenoxy) is 1. The smallest absolute Gasteiger partial charge is 0.247 e. The molecule has 1 atom stereocenters. The van der Waals surface area contributed by atoms with Gasteiger partial charge in [-0.3, -0.25) is 0 Å². The molecule has 1 aromatic heterocycles. The summed E-state index contributed by atoms with van der Waals surface area (Å²) in [6, 6.07) is 22.1. The van der Waals surface area contributed by atoms with Crippen LogP contribution < -0.4 is 10.1 Å². The third kappa shape index (κ3) is 4.06. The molecule has 0 saturated carbocycles. The summed E-state index contributed by atoms with van der Waals surface area (Å²) >= 11 is 7.76. The van der Waals surface area contributed by atoms with Crippen LogP contribution >= 0.6 is 23.4 Å². The molecule has 0 fully saturated rings. The van der Waals surface area contributed by atoms with Crippen molar-refractivity contribution >= 4 is 29.1 Å². The normalized spacial score (nSPS) is 14.6. The molecule has 154 valence electrons. The molecular weight excluding hydrogens is 435 g/mol. The van der Waals surface area contributed by atoms with E-state index in [9.17, 15) is 4.39 Å². The van der Waals surface area contributed by atoms with Gasteiger partial charge in [0.2, 0.25) is 17.3 Å². The van der Waals surface area contributed by atoms with Gasteiger partial charge in [0.25, 0.3) is 0 Å². The van der Waals surface area contributed by atoms with Gasteiger partial charge in [-0.1, -0.05) is 78.0 Å². The van der Waals surface area contributed by atoms with Crippen LogP contribution in [0.25, 0.3) is 11.3 Å². The van der Waals surface area contributed by atoms with Gasteiger partial charge in [0.05, 0.1) is 10.6 Å². The molecule has 4 aromatic rings. The molecule has 1 aliphatic rings. The maximum Gasteiger partial charge on any atom is 0.247 e. The van der Waals surface area contributed by atoms with E-state index in [1.165, 1.54) is 17.8 Å². The lowest BCUT2D eigenvalue weighted by Crippen LogP contribution is -2.19. The van der Waals surface area contributed by atoms with Crippen LogP contribution in [0.3, 0.4) is 0 Å². The zero-order valence-electron chi connectivity index (χ0n) is 16.1. The maximum absolute atomic E-state index is 14.7. The van der Waals surface area contributed by atoms with Crippen molar-refractivity contribution < 1.29 is 9.13 Å². The Hall–Kier alpha value is -3.16. The molecule has 1 unspecified atom stereocenters. The minimum Gasteiger partial charge on any atom is -0.448 e. The Morgan fingerprint density at radius 3 is 2.61 bits per heavy atom. The molecule has 0 amide bonds. The number of nitrogens with zero attached hydrogens (tertiary/aromatic N) is 3. The quantitative estimate of drug-likeness (QED) is 0.377. The third-order valence-corrected chi connectivity index (χ3v) is 6.04. The van der Waals surface area contributed by atoms with E-state index in [0.717, 1.165) is 16.8 Å².